The second kappa shape index (κ2) is 21.8. The number of unbranched alkanes of at least 4 members (excludes halogenated alkanes) is 9. The zero-order valence-corrected chi connectivity index (χ0v) is 17.7. The molecule has 0 aromatic rings. The van der Waals surface area contributed by atoms with Crippen LogP contribution in [0.4, 0.5) is 0 Å². The van der Waals surface area contributed by atoms with E-state index in [4.69, 9.17) is 22.6 Å². The van der Waals surface area contributed by atoms with Crippen LogP contribution in [-0.4, -0.2) is 56.7 Å². The monoisotopic (exact) mass is 350 g/mol. The van der Waals surface area contributed by atoms with Crippen molar-refractivity contribution in [2.45, 2.75) is 94.8 Å². The van der Waals surface area contributed by atoms with Crippen LogP contribution in [0.2, 0.25) is 3.67 Å². The van der Waals surface area contributed by atoms with Crippen LogP contribution in [0, 0.1) is 0 Å². The maximum absolute atomic E-state index is 8.74. The molecule has 5 nitrogen and oxygen atoms in total. The van der Waals surface area contributed by atoms with E-state index in [1.807, 2.05) is 0 Å². The molecule has 0 aromatic heterocycles. The average Bonchev–Trinajstić information content (AvgIpc) is 2.34. The Balaban J connectivity index is -0.000000330. The first kappa shape index (κ1) is 27.7. The van der Waals surface area contributed by atoms with Crippen LogP contribution in [0.1, 0.15) is 85.0 Å². The molecular formula is C15H35NaO5S. The van der Waals surface area contributed by atoms with Gasteiger partial charge < -0.3 is 5.11 Å². The number of aliphatic hydroxyl groups is 1. The minimum Gasteiger partial charge on any atom is -0.264 e. The second-order valence-corrected chi connectivity index (χ2v) is 7.62. The largest absolute Gasteiger partial charge is 0.394 e. The maximum Gasteiger partial charge on any atom is 0.394 e. The quantitative estimate of drug-likeness (QED) is 0.311. The number of hydrogen-bond donors (Lipinski definition) is 3. The van der Waals surface area contributed by atoms with E-state index in [0.717, 1.165) is 0 Å². The molecule has 0 fully saturated rings. The first-order chi connectivity index (χ1) is 10.1. The third-order valence-corrected chi connectivity index (χ3v) is 3.41. The zero-order chi connectivity index (χ0) is 17.9. The normalized spacial score (nSPS) is 10.6. The van der Waals surface area contributed by atoms with Gasteiger partial charge in [-0.3, -0.25) is 9.11 Å². The smallest absolute Gasteiger partial charge is 0.264 e. The van der Waals surface area contributed by atoms with Crippen LogP contribution >= 0.6 is 0 Å². The van der Waals surface area contributed by atoms with E-state index in [2.05, 4.69) is 6.92 Å². The third-order valence-electron chi connectivity index (χ3n) is 2.71. The Morgan fingerprint density at radius 3 is 1.27 bits per heavy atom. The van der Waals surface area contributed by atoms with Gasteiger partial charge in [-0.05, 0) is 13.8 Å². The van der Waals surface area contributed by atoms with E-state index in [9.17, 15) is 0 Å². The Morgan fingerprint density at radius 2 is 1.05 bits per heavy atom. The van der Waals surface area contributed by atoms with Crippen LogP contribution < -0.4 is 0 Å². The van der Waals surface area contributed by atoms with E-state index in [-0.39, 0.29) is 6.10 Å². The Labute approximate surface area is 155 Å². The Bertz CT molecular complexity index is 261. The van der Waals surface area contributed by atoms with Gasteiger partial charge in [0.25, 0.3) is 0 Å². The molecule has 132 valence electrons. The Hall–Kier alpha value is 0.830. The first-order valence-electron chi connectivity index (χ1n) is 8.53. The summed E-state index contributed by atoms with van der Waals surface area (Å²) in [5.74, 6) is 0. The standard InChI is InChI=1S/C12H25.C3H8O.Na.H2O4S/c1-3-5-7-9-11-12-10-8-6-4-2;1-3(2)4;;1-5(2,3)4/h1,3-12H2,2H3;3-4H,1-2H3;;(H2,1,2,3,4). The molecule has 0 saturated carbocycles. The summed E-state index contributed by atoms with van der Waals surface area (Å²) in [5.41, 5.74) is 0. The van der Waals surface area contributed by atoms with Gasteiger partial charge >= 0.3 is 113 Å². The molecule has 7 heteroatoms. The predicted molar refractivity (Wildman–Crippen MR) is 93.9 cm³/mol. The molecule has 0 rings (SSSR count). The fourth-order valence-corrected chi connectivity index (χ4v) is 2.24. The summed E-state index contributed by atoms with van der Waals surface area (Å²) in [6, 6.07) is 0. The maximum atomic E-state index is 8.74. The molecule has 0 aliphatic heterocycles. The summed E-state index contributed by atoms with van der Waals surface area (Å²) in [6.45, 7) is 5.73. The van der Waals surface area contributed by atoms with Crippen molar-refractivity contribution < 1.29 is 22.6 Å². The summed E-state index contributed by atoms with van der Waals surface area (Å²) in [6.07, 6.45) is 14.6. The number of hydrogen-bond acceptors (Lipinski definition) is 3. The third kappa shape index (κ3) is 69.8. The van der Waals surface area contributed by atoms with Crippen LogP contribution in [-0.2, 0) is 10.4 Å². The van der Waals surface area contributed by atoms with E-state index >= 15 is 0 Å². The van der Waals surface area contributed by atoms with Gasteiger partial charge in [-0.15, -0.1) is 0 Å². The van der Waals surface area contributed by atoms with Gasteiger partial charge in [-0.2, -0.15) is 8.42 Å². The Morgan fingerprint density at radius 1 is 0.818 bits per heavy atom. The van der Waals surface area contributed by atoms with Gasteiger partial charge in [0.15, 0.2) is 0 Å². The molecule has 0 aromatic carbocycles. The summed E-state index contributed by atoms with van der Waals surface area (Å²) < 4.78 is 33.1. The molecule has 0 atom stereocenters. The average molecular weight is 350 g/mol. The molecule has 0 heterocycles. The summed E-state index contributed by atoms with van der Waals surface area (Å²) in [5, 5.41) is 8.06. The minimum atomic E-state index is -4.67. The van der Waals surface area contributed by atoms with Crippen molar-refractivity contribution in [2.24, 2.45) is 0 Å². The van der Waals surface area contributed by atoms with E-state index < -0.39 is 10.4 Å². The van der Waals surface area contributed by atoms with Gasteiger partial charge in [0, 0.05) is 6.10 Å². The second-order valence-electron chi connectivity index (χ2n) is 5.72. The molecule has 0 unspecified atom stereocenters. The predicted octanol–water partition coefficient (Wildman–Crippen LogP) is 4.23. The van der Waals surface area contributed by atoms with Crippen LogP contribution in [0.25, 0.3) is 0 Å². The van der Waals surface area contributed by atoms with Crippen molar-refractivity contribution in [3.05, 3.63) is 0 Å². The van der Waals surface area contributed by atoms with Gasteiger partial charge in [0.1, 0.15) is 0 Å². The van der Waals surface area contributed by atoms with Crippen molar-refractivity contribution in [2.75, 3.05) is 0 Å². The van der Waals surface area contributed by atoms with Crippen molar-refractivity contribution in [3.8, 4) is 0 Å². The molecule has 22 heavy (non-hydrogen) atoms. The number of rotatable bonds is 10. The SMILES string of the molecule is CC(C)O.CCCCCCCCCCC[CH2][Na].O=S(=O)(O)O. The van der Waals surface area contributed by atoms with Crippen LogP contribution in [0.15, 0.2) is 0 Å². The summed E-state index contributed by atoms with van der Waals surface area (Å²) >= 11 is 1.41. The van der Waals surface area contributed by atoms with E-state index in [1.54, 1.807) is 13.8 Å². The zero-order valence-electron chi connectivity index (χ0n) is 14.9. The van der Waals surface area contributed by atoms with Gasteiger partial charge in [-0.1, -0.05) is 0 Å². The van der Waals surface area contributed by atoms with Gasteiger partial charge in [0.05, 0.1) is 0 Å². The fourth-order valence-electron chi connectivity index (χ4n) is 1.74. The molecule has 0 aliphatic carbocycles. The molecule has 0 radical (unpaired) electrons. The molecule has 3 N–H and O–H groups in total. The fraction of sp³-hybridized carbons (Fsp3) is 1.00. The molecular weight excluding hydrogens is 315 g/mol. The van der Waals surface area contributed by atoms with E-state index in [1.165, 1.54) is 95.8 Å². The Kier molecular flexibility index (Phi) is 27.5. The molecule has 0 amide bonds. The van der Waals surface area contributed by atoms with Gasteiger partial charge in [0.2, 0.25) is 0 Å². The van der Waals surface area contributed by atoms with Gasteiger partial charge in [-0.25, -0.2) is 0 Å². The minimum absolute atomic E-state index is 0.167. The molecule has 0 spiro atoms. The van der Waals surface area contributed by atoms with Crippen molar-refractivity contribution in [3.63, 3.8) is 0 Å². The van der Waals surface area contributed by atoms with Crippen molar-refractivity contribution >= 4 is 38.3 Å². The van der Waals surface area contributed by atoms with Crippen molar-refractivity contribution in [1.29, 1.82) is 0 Å². The molecule has 0 bridgehead atoms. The molecule has 0 aliphatic rings. The summed E-state index contributed by atoms with van der Waals surface area (Å²) in [7, 11) is -4.67. The van der Waals surface area contributed by atoms with Crippen LogP contribution in [0.3, 0.4) is 0 Å². The van der Waals surface area contributed by atoms with E-state index in [0.29, 0.717) is 0 Å². The first-order valence-corrected chi connectivity index (χ1v) is 11.3. The topological polar surface area (TPSA) is 94.8 Å². The molecule has 0 saturated heterocycles. The van der Waals surface area contributed by atoms with Crippen molar-refractivity contribution in [1.82, 2.24) is 0 Å². The van der Waals surface area contributed by atoms with Crippen LogP contribution in [0.5, 0.6) is 0 Å². The summed E-state index contributed by atoms with van der Waals surface area (Å²) in [4.78, 5) is 0. The number of aliphatic hydroxyl groups excluding tert-OH is 1.